The van der Waals surface area contributed by atoms with E-state index in [9.17, 15) is 55.2 Å². The third-order valence-electron chi connectivity index (χ3n) is 13.2. The van der Waals surface area contributed by atoms with Crippen molar-refractivity contribution in [2.75, 3.05) is 19.8 Å². The number of hydrogen-bond acceptors (Lipinski definition) is 19. The maximum Gasteiger partial charge on any atom is 0.332 e. The Kier molecular flexibility index (Phi) is 30.5. The molecule has 0 bridgehead atoms. The van der Waals surface area contributed by atoms with Gasteiger partial charge in [0.25, 0.3) is 0 Å². The van der Waals surface area contributed by atoms with Gasteiger partial charge in [0.1, 0.15) is 48.8 Å². The summed E-state index contributed by atoms with van der Waals surface area (Å²) in [6, 6.07) is 0. The molecule has 0 radical (unpaired) electrons. The lowest BCUT2D eigenvalue weighted by atomic mass is 9.96. The van der Waals surface area contributed by atoms with Crippen molar-refractivity contribution in [3.05, 3.63) is 0 Å². The lowest BCUT2D eigenvalue weighted by Crippen LogP contribution is -2.64. The molecule has 3 heterocycles. The molecular formula is C50H90O20. The summed E-state index contributed by atoms with van der Waals surface area (Å²) < 4.78 is 47.1. The molecule has 3 fully saturated rings. The molecule has 16 atom stereocenters. The lowest BCUT2D eigenvalue weighted by Gasteiger charge is -2.47. The third-order valence-corrected chi connectivity index (χ3v) is 13.2. The monoisotopic (exact) mass is 1010 g/mol. The van der Waals surface area contributed by atoms with Gasteiger partial charge >= 0.3 is 17.9 Å². The smallest absolute Gasteiger partial charge is 0.332 e. The maximum absolute atomic E-state index is 12.1. The molecule has 0 aliphatic carbocycles. The molecule has 0 aromatic heterocycles. The molecule has 0 aromatic carbocycles. The topological polar surface area (TPSA) is 307 Å². The zero-order valence-electron chi connectivity index (χ0n) is 42.2. The molecule has 70 heavy (non-hydrogen) atoms. The quantitative estimate of drug-likeness (QED) is 0.0319. The molecule has 3 aliphatic heterocycles. The number of carboxylic acids is 1. The molecular weight excluding hydrogens is 921 g/mol. The van der Waals surface area contributed by atoms with Crippen LogP contribution >= 0.6 is 0 Å². The molecule has 2 unspecified atom stereocenters. The van der Waals surface area contributed by atoms with Crippen LogP contribution in [0.3, 0.4) is 0 Å². The van der Waals surface area contributed by atoms with E-state index in [-0.39, 0.29) is 44.7 Å². The molecule has 3 saturated heterocycles. The van der Waals surface area contributed by atoms with Gasteiger partial charge in [-0.05, 0) is 44.4 Å². The van der Waals surface area contributed by atoms with Crippen molar-refractivity contribution in [3.63, 3.8) is 0 Å². The number of rotatable bonds is 36. The zero-order valence-corrected chi connectivity index (χ0v) is 42.2. The summed E-state index contributed by atoms with van der Waals surface area (Å²) in [5.41, 5.74) is 0. The second-order valence-corrected chi connectivity index (χ2v) is 19.9. The van der Waals surface area contributed by atoms with E-state index in [2.05, 4.69) is 6.92 Å². The van der Waals surface area contributed by atoms with Gasteiger partial charge in [0.15, 0.2) is 31.1 Å². The van der Waals surface area contributed by atoms with Crippen molar-refractivity contribution >= 4 is 17.9 Å². The third kappa shape index (κ3) is 22.9. The highest BCUT2D eigenvalue weighted by atomic mass is 16.8. The van der Waals surface area contributed by atoms with Crippen LogP contribution in [0.25, 0.3) is 0 Å². The molecule has 3 aliphatic rings. The summed E-state index contributed by atoms with van der Waals surface area (Å²) in [6.07, 6.45) is -3.31. The van der Waals surface area contributed by atoms with Gasteiger partial charge < -0.3 is 83.9 Å². The number of carboxylic acid groups (broad SMARTS) is 1. The summed E-state index contributed by atoms with van der Waals surface area (Å²) >= 11 is 0. The first kappa shape index (κ1) is 62.1. The van der Waals surface area contributed by atoms with Crippen molar-refractivity contribution in [1.82, 2.24) is 0 Å². The van der Waals surface area contributed by atoms with Crippen LogP contribution in [0.4, 0.5) is 0 Å². The van der Waals surface area contributed by atoms with E-state index in [0.29, 0.717) is 38.5 Å². The molecule has 410 valence electrons. The van der Waals surface area contributed by atoms with Crippen molar-refractivity contribution in [2.45, 2.75) is 274 Å². The first-order valence-corrected chi connectivity index (χ1v) is 26.3. The number of aliphatic hydroxyl groups is 8. The van der Waals surface area contributed by atoms with Gasteiger partial charge in [0.2, 0.25) is 0 Å². The van der Waals surface area contributed by atoms with Crippen LogP contribution in [0, 0.1) is 5.92 Å². The SMILES string of the molecule is CCCCCCC(CCCC(O)CCCCCCCCCCCCC[C@@H](O)C(=O)O)O[C@H]1OC[C@H](O)[C@@H](O)[C@@H]1O[C@H]1OC[C@H](OC(C)=O)[C@@H](O)[C@@H]1O[C@H]1O[C@@H](CCOC(=O)CC(C)C)[C@H](O)[C@@H](O)[C@@H]1O. The largest absolute Gasteiger partial charge is 0.479 e. The van der Waals surface area contributed by atoms with E-state index >= 15 is 0 Å². The maximum atomic E-state index is 12.1. The number of carbonyl (C=O) groups excluding carboxylic acids is 2. The zero-order chi connectivity index (χ0) is 51.6. The minimum Gasteiger partial charge on any atom is -0.479 e. The Hall–Kier alpha value is -2.15. The first-order chi connectivity index (χ1) is 33.4. The molecule has 0 aromatic rings. The number of ether oxygens (including phenoxy) is 8. The Bertz CT molecular complexity index is 1420. The fraction of sp³-hybridized carbons (Fsp3) is 0.940. The highest BCUT2D eigenvalue weighted by Crippen LogP contribution is 2.33. The summed E-state index contributed by atoms with van der Waals surface area (Å²) in [6.45, 7) is 6.11. The minimum atomic E-state index is -1.86. The van der Waals surface area contributed by atoms with E-state index in [0.717, 1.165) is 103 Å². The number of aliphatic hydroxyl groups excluding tert-OH is 8. The van der Waals surface area contributed by atoms with Gasteiger partial charge in [0, 0.05) is 19.8 Å². The van der Waals surface area contributed by atoms with Gasteiger partial charge in [-0.3, -0.25) is 9.59 Å². The average Bonchev–Trinajstić information content (AvgIpc) is 3.30. The van der Waals surface area contributed by atoms with Crippen LogP contribution < -0.4 is 0 Å². The van der Waals surface area contributed by atoms with Gasteiger partial charge in [-0.2, -0.15) is 0 Å². The van der Waals surface area contributed by atoms with Crippen LogP contribution in [0.2, 0.25) is 0 Å². The van der Waals surface area contributed by atoms with E-state index in [4.69, 9.17) is 43.0 Å². The predicted molar refractivity (Wildman–Crippen MR) is 252 cm³/mol. The van der Waals surface area contributed by atoms with E-state index in [1.807, 2.05) is 13.8 Å². The Balaban J connectivity index is 1.58. The fourth-order valence-corrected chi connectivity index (χ4v) is 9.05. The Morgan fingerprint density at radius 1 is 0.614 bits per heavy atom. The molecule has 20 heteroatoms. The van der Waals surface area contributed by atoms with Crippen LogP contribution in [0.15, 0.2) is 0 Å². The minimum absolute atomic E-state index is 0.0501. The van der Waals surface area contributed by atoms with Crippen LogP contribution in [-0.4, -0.2) is 182 Å². The Labute approximate surface area is 414 Å². The number of esters is 2. The summed E-state index contributed by atoms with van der Waals surface area (Å²) in [7, 11) is 0. The Morgan fingerprint density at radius 2 is 1.16 bits per heavy atom. The van der Waals surface area contributed by atoms with Crippen molar-refractivity contribution < 1.29 is 98.2 Å². The molecule has 0 saturated carbocycles. The lowest BCUT2D eigenvalue weighted by molar-refractivity contribution is -0.380. The Morgan fingerprint density at radius 3 is 1.77 bits per heavy atom. The highest BCUT2D eigenvalue weighted by molar-refractivity contribution is 5.71. The van der Waals surface area contributed by atoms with Crippen molar-refractivity contribution in [1.29, 1.82) is 0 Å². The van der Waals surface area contributed by atoms with Gasteiger partial charge in [-0.15, -0.1) is 0 Å². The molecule has 0 spiro atoms. The standard InChI is InChI=1S/C50H90O20/c1-5-6-7-18-23-34(24-20-22-33(52)21-17-15-13-11-9-8-10-12-14-16-19-25-35(53)47(61)62)67-49-45(40(56)36(54)29-64-49)70-50-46(42(58)38(30-65-50)66-32(4)51)69-48-44(60)43(59)41(57)37(68-48)26-27-63-39(55)28-31(2)3/h31,33-38,40-46,48-50,52-54,56-60H,5-30H2,1-4H3,(H,61,62)/t33?,34?,35-,36+,37+,38+,40-,41+,42-,43-,44+,45+,46+,48-,49-,50-/m1/s1. The molecule has 0 amide bonds. The van der Waals surface area contributed by atoms with E-state index < -0.39 is 110 Å². The molecule has 3 rings (SSSR count). The highest BCUT2D eigenvalue weighted by Gasteiger charge is 2.52. The summed E-state index contributed by atoms with van der Waals surface area (Å²) in [5, 5.41) is 95.2. The van der Waals surface area contributed by atoms with Crippen molar-refractivity contribution in [2.24, 2.45) is 5.92 Å². The number of unbranched alkanes of at least 4 members (excludes halogenated alkanes) is 13. The second kappa shape index (κ2) is 34.4. The molecule has 20 nitrogen and oxygen atoms in total. The normalized spacial score (nSPS) is 30.7. The fourth-order valence-electron chi connectivity index (χ4n) is 9.05. The van der Waals surface area contributed by atoms with Crippen LogP contribution in [-0.2, 0) is 52.3 Å². The number of hydrogen-bond donors (Lipinski definition) is 9. The summed E-state index contributed by atoms with van der Waals surface area (Å²) in [4.78, 5) is 34.8. The summed E-state index contributed by atoms with van der Waals surface area (Å²) in [5.74, 6) is -2.32. The van der Waals surface area contributed by atoms with Crippen LogP contribution in [0.1, 0.15) is 175 Å². The van der Waals surface area contributed by atoms with Gasteiger partial charge in [0.05, 0.1) is 38.1 Å². The average molecular weight is 1010 g/mol. The van der Waals surface area contributed by atoms with Gasteiger partial charge in [-0.1, -0.05) is 117 Å². The first-order valence-electron chi connectivity index (χ1n) is 26.3. The molecule has 9 N–H and O–H groups in total. The van der Waals surface area contributed by atoms with Crippen LogP contribution in [0.5, 0.6) is 0 Å². The van der Waals surface area contributed by atoms with E-state index in [1.54, 1.807) is 0 Å². The van der Waals surface area contributed by atoms with E-state index in [1.165, 1.54) is 0 Å². The number of carbonyl (C=O) groups is 3. The predicted octanol–water partition coefficient (Wildman–Crippen LogP) is 3.67. The van der Waals surface area contributed by atoms with Crippen molar-refractivity contribution in [3.8, 4) is 0 Å². The second-order valence-electron chi connectivity index (χ2n) is 19.9. The van der Waals surface area contributed by atoms with Gasteiger partial charge in [-0.25, -0.2) is 4.79 Å². The number of aliphatic carboxylic acids is 1.